The Labute approximate surface area is 178 Å². The van der Waals surface area contributed by atoms with Crippen LogP contribution in [0.3, 0.4) is 0 Å². The van der Waals surface area contributed by atoms with Crippen molar-refractivity contribution in [2.24, 2.45) is 0 Å². The van der Waals surface area contributed by atoms with Crippen LogP contribution in [0.2, 0.25) is 0 Å². The molecule has 0 radical (unpaired) electrons. The predicted molar refractivity (Wildman–Crippen MR) is 115 cm³/mol. The molecular weight excluding hydrogens is 423 g/mol. The number of aryl methyl sites for hydroxylation is 1. The van der Waals surface area contributed by atoms with Gasteiger partial charge in [-0.1, -0.05) is 12.1 Å². The van der Waals surface area contributed by atoms with Crippen LogP contribution in [-0.2, 0) is 10.0 Å². The van der Waals surface area contributed by atoms with E-state index in [0.29, 0.717) is 22.8 Å². The highest BCUT2D eigenvalue weighted by atomic mass is 32.2. The molecule has 10 heteroatoms. The summed E-state index contributed by atoms with van der Waals surface area (Å²) in [5.41, 5.74) is 0.658. The Morgan fingerprint density at radius 1 is 1.13 bits per heavy atom. The minimum atomic E-state index is -3.89. The number of aromatic nitrogens is 2. The maximum absolute atomic E-state index is 14.3. The number of rotatable bonds is 6. The summed E-state index contributed by atoms with van der Waals surface area (Å²) in [6, 6.07) is 10.5. The molecule has 3 N–H and O–H groups in total. The van der Waals surface area contributed by atoms with E-state index in [0.717, 1.165) is 18.2 Å². The summed E-state index contributed by atoms with van der Waals surface area (Å²) in [7, 11) is -3.89. The molecule has 2 aromatic carbocycles. The molecule has 31 heavy (non-hydrogen) atoms. The first kappa shape index (κ1) is 22.3. The number of sulfonamides is 1. The van der Waals surface area contributed by atoms with Crippen LogP contribution in [0.25, 0.3) is 11.4 Å². The van der Waals surface area contributed by atoms with Gasteiger partial charge in [0.1, 0.15) is 11.6 Å². The van der Waals surface area contributed by atoms with Crippen molar-refractivity contribution in [3.63, 3.8) is 0 Å². The number of halogens is 1. The first-order chi connectivity index (χ1) is 14.5. The highest BCUT2D eigenvalue weighted by molar-refractivity contribution is 7.89. The van der Waals surface area contributed by atoms with Crippen LogP contribution >= 0.6 is 0 Å². The monoisotopic (exact) mass is 444 g/mol. The summed E-state index contributed by atoms with van der Waals surface area (Å²) in [5.74, 6) is -1.36. The summed E-state index contributed by atoms with van der Waals surface area (Å²) >= 11 is 0. The highest BCUT2D eigenvalue weighted by Crippen LogP contribution is 2.21. The quantitative estimate of drug-likeness (QED) is 0.540. The zero-order chi connectivity index (χ0) is 22.8. The lowest BCUT2D eigenvalue weighted by atomic mass is 10.1. The van der Waals surface area contributed by atoms with Gasteiger partial charge in [-0.25, -0.2) is 22.5 Å². The Balaban J connectivity index is 1.90. The fourth-order valence-corrected chi connectivity index (χ4v) is 4.16. The van der Waals surface area contributed by atoms with Gasteiger partial charge in [0, 0.05) is 29.1 Å². The lowest BCUT2D eigenvalue weighted by Crippen LogP contribution is -2.30. The van der Waals surface area contributed by atoms with Crippen molar-refractivity contribution in [1.82, 2.24) is 14.7 Å². The minimum Gasteiger partial charge on any atom is -0.322 e. The highest BCUT2D eigenvalue weighted by Gasteiger charge is 2.20. The molecule has 8 nitrogen and oxygen atoms in total. The molecule has 1 aromatic heterocycles. The van der Waals surface area contributed by atoms with Crippen molar-refractivity contribution in [2.45, 2.75) is 31.7 Å². The Morgan fingerprint density at radius 3 is 2.55 bits per heavy atom. The third-order valence-corrected chi connectivity index (χ3v) is 5.80. The van der Waals surface area contributed by atoms with Crippen LogP contribution in [0.5, 0.6) is 0 Å². The minimum absolute atomic E-state index is 0.219. The molecule has 0 aliphatic carbocycles. The number of benzene rings is 2. The van der Waals surface area contributed by atoms with Gasteiger partial charge in [0.25, 0.3) is 11.5 Å². The molecule has 1 amide bonds. The first-order valence-corrected chi connectivity index (χ1v) is 10.8. The molecule has 0 saturated carbocycles. The molecule has 3 aromatic rings. The van der Waals surface area contributed by atoms with Crippen molar-refractivity contribution in [3.05, 3.63) is 76.0 Å². The van der Waals surface area contributed by atoms with E-state index >= 15 is 0 Å². The molecule has 162 valence electrons. The van der Waals surface area contributed by atoms with Crippen LogP contribution in [-0.4, -0.2) is 30.3 Å². The Kier molecular flexibility index (Phi) is 6.32. The van der Waals surface area contributed by atoms with E-state index in [2.05, 4.69) is 20.0 Å². The molecular formula is C21H21FN4O4S. The summed E-state index contributed by atoms with van der Waals surface area (Å²) in [6.07, 6.45) is 0. The number of nitrogens with zero attached hydrogens (tertiary/aromatic N) is 1. The second kappa shape index (κ2) is 8.78. The molecule has 0 aliphatic heterocycles. The second-order valence-electron chi connectivity index (χ2n) is 7.19. The molecule has 0 fully saturated rings. The van der Waals surface area contributed by atoms with Gasteiger partial charge in [0.05, 0.1) is 10.5 Å². The van der Waals surface area contributed by atoms with Crippen LogP contribution in [0.4, 0.5) is 10.1 Å². The number of hydrogen-bond acceptors (Lipinski definition) is 5. The van der Waals surface area contributed by atoms with Gasteiger partial charge in [-0.2, -0.15) is 0 Å². The predicted octanol–water partition coefficient (Wildman–Crippen LogP) is 2.82. The molecule has 0 atom stereocenters. The van der Waals surface area contributed by atoms with Gasteiger partial charge in [-0.05, 0) is 51.1 Å². The van der Waals surface area contributed by atoms with Gasteiger partial charge in [0.2, 0.25) is 10.0 Å². The van der Waals surface area contributed by atoms with E-state index in [-0.39, 0.29) is 16.5 Å². The average molecular weight is 444 g/mol. The molecule has 1 heterocycles. The first-order valence-electron chi connectivity index (χ1n) is 9.37. The summed E-state index contributed by atoms with van der Waals surface area (Å²) in [5, 5.41) is 2.54. The molecule has 0 aliphatic rings. The number of anilines is 1. The van der Waals surface area contributed by atoms with Crippen molar-refractivity contribution in [3.8, 4) is 11.4 Å². The lowest BCUT2D eigenvalue weighted by Gasteiger charge is -2.12. The largest absolute Gasteiger partial charge is 0.322 e. The lowest BCUT2D eigenvalue weighted by molar-refractivity contribution is 0.102. The van der Waals surface area contributed by atoms with Crippen LogP contribution in [0.15, 0.2) is 58.2 Å². The van der Waals surface area contributed by atoms with Crippen molar-refractivity contribution >= 4 is 21.6 Å². The molecule has 0 bridgehead atoms. The third-order valence-electron chi connectivity index (χ3n) is 4.15. The van der Waals surface area contributed by atoms with Crippen molar-refractivity contribution in [2.75, 3.05) is 5.32 Å². The Hall–Kier alpha value is -3.37. The van der Waals surface area contributed by atoms with Crippen molar-refractivity contribution < 1.29 is 17.6 Å². The van der Waals surface area contributed by atoms with Crippen LogP contribution in [0, 0.1) is 12.7 Å². The number of nitrogens with one attached hydrogen (secondary N) is 3. The second-order valence-corrected chi connectivity index (χ2v) is 8.90. The number of carbonyl (C=O) groups is 1. The van der Waals surface area contributed by atoms with E-state index in [9.17, 15) is 22.4 Å². The van der Waals surface area contributed by atoms with Gasteiger partial charge >= 0.3 is 0 Å². The fourth-order valence-electron chi connectivity index (χ4n) is 2.88. The van der Waals surface area contributed by atoms with Crippen LogP contribution in [0.1, 0.15) is 29.9 Å². The maximum atomic E-state index is 14.3. The zero-order valence-electron chi connectivity index (χ0n) is 17.1. The number of amides is 1. The maximum Gasteiger partial charge on any atom is 0.258 e. The zero-order valence-corrected chi connectivity index (χ0v) is 17.9. The summed E-state index contributed by atoms with van der Waals surface area (Å²) in [4.78, 5) is 31.0. The average Bonchev–Trinajstić information content (AvgIpc) is 2.66. The Bertz CT molecular complexity index is 1300. The normalized spacial score (nSPS) is 11.5. The van der Waals surface area contributed by atoms with E-state index in [1.807, 2.05) is 0 Å². The van der Waals surface area contributed by atoms with E-state index < -0.39 is 27.3 Å². The number of aromatic amines is 1. The molecule has 3 rings (SSSR count). The molecule has 0 saturated heterocycles. The standard InChI is InChI=1S/C21H21FN4O4S/c1-12(2)26-31(29,30)16-7-8-18(22)17(11-16)21(28)24-15-6-4-5-14(10-15)20-23-13(3)9-19(27)25-20/h4-12,26H,1-3H3,(H,24,28)(H,23,25,27). The topological polar surface area (TPSA) is 121 Å². The number of hydrogen-bond donors (Lipinski definition) is 3. The van der Waals surface area contributed by atoms with E-state index in [4.69, 9.17) is 0 Å². The van der Waals surface area contributed by atoms with Gasteiger partial charge in [-0.15, -0.1) is 0 Å². The van der Waals surface area contributed by atoms with Crippen LogP contribution < -0.4 is 15.6 Å². The Morgan fingerprint density at radius 2 is 1.87 bits per heavy atom. The fraction of sp³-hybridized carbons (Fsp3) is 0.190. The smallest absolute Gasteiger partial charge is 0.258 e. The molecule has 0 spiro atoms. The number of carbonyl (C=O) groups excluding carboxylic acids is 1. The van der Waals surface area contributed by atoms with Gasteiger partial charge in [-0.3, -0.25) is 9.59 Å². The van der Waals surface area contributed by atoms with E-state index in [1.165, 1.54) is 6.07 Å². The van der Waals surface area contributed by atoms with Gasteiger partial charge in [0.15, 0.2) is 0 Å². The summed E-state index contributed by atoms with van der Waals surface area (Å²) in [6.45, 7) is 4.98. The summed E-state index contributed by atoms with van der Waals surface area (Å²) < 4.78 is 41.4. The van der Waals surface area contributed by atoms with Gasteiger partial charge < -0.3 is 10.3 Å². The van der Waals surface area contributed by atoms with E-state index in [1.54, 1.807) is 45.0 Å². The SMILES string of the molecule is Cc1cc(=O)[nH]c(-c2cccc(NC(=O)c3cc(S(=O)(=O)NC(C)C)ccc3F)c2)n1. The third kappa shape index (κ3) is 5.41. The molecule has 0 unspecified atom stereocenters. The number of H-pyrrole nitrogens is 1. The van der Waals surface area contributed by atoms with Crippen molar-refractivity contribution in [1.29, 1.82) is 0 Å².